The molecule has 0 saturated carbocycles. The van der Waals surface area contributed by atoms with Crippen LogP contribution in [0.25, 0.3) is 0 Å². The van der Waals surface area contributed by atoms with Crippen molar-refractivity contribution < 1.29 is 5.11 Å². The number of hydrogen-bond acceptors (Lipinski definition) is 3. The normalized spacial score (nSPS) is 29.5. The molecule has 0 radical (unpaired) electrons. The average molecular weight is 235 g/mol. The molecule has 17 heavy (non-hydrogen) atoms. The van der Waals surface area contributed by atoms with Crippen molar-refractivity contribution in [2.24, 2.45) is 0 Å². The Morgan fingerprint density at radius 3 is 3.06 bits per heavy atom. The lowest BCUT2D eigenvalue weighted by atomic mass is 10.1. The third-order valence-corrected chi connectivity index (χ3v) is 4.12. The van der Waals surface area contributed by atoms with E-state index in [4.69, 9.17) is 4.98 Å². The molecule has 1 aromatic heterocycles. The zero-order valence-corrected chi connectivity index (χ0v) is 10.5. The van der Waals surface area contributed by atoms with Crippen LogP contribution in [0.3, 0.4) is 0 Å². The molecule has 0 spiro atoms. The summed E-state index contributed by atoms with van der Waals surface area (Å²) < 4.78 is 1.98. The number of fused-ring (bicyclic) bond motifs is 1. The quantitative estimate of drug-likeness (QED) is 0.850. The summed E-state index contributed by atoms with van der Waals surface area (Å²) in [5.41, 5.74) is 1.17. The molecule has 0 aliphatic carbocycles. The second kappa shape index (κ2) is 4.42. The van der Waals surface area contributed by atoms with Crippen LogP contribution in [0.15, 0.2) is 6.20 Å². The Morgan fingerprint density at radius 1 is 1.41 bits per heavy atom. The molecule has 0 bridgehead atoms. The molecule has 94 valence electrons. The van der Waals surface area contributed by atoms with E-state index in [0.717, 1.165) is 31.6 Å². The van der Waals surface area contributed by atoms with Crippen LogP contribution in [0, 0.1) is 0 Å². The lowest BCUT2D eigenvalue weighted by molar-refractivity contribution is 0.0779. The van der Waals surface area contributed by atoms with Crippen molar-refractivity contribution in [1.29, 1.82) is 0 Å². The molecule has 1 N–H and O–H groups in total. The number of rotatable bonds is 2. The van der Waals surface area contributed by atoms with Gasteiger partial charge < -0.3 is 9.67 Å². The summed E-state index contributed by atoms with van der Waals surface area (Å²) in [6, 6.07) is 0.477. The summed E-state index contributed by atoms with van der Waals surface area (Å²) in [6.07, 6.45) is 7.14. The van der Waals surface area contributed by atoms with E-state index in [0.29, 0.717) is 6.04 Å². The number of imidazole rings is 1. The molecule has 4 nitrogen and oxygen atoms in total. The van der Waals surface area contributed by atoms with Gasteiger partial charge in [0.05, 0.1) is 11.7 Å². The van der Waals surface area contributed by atoms with Crippen molar-refractivity contribution in [2.75, 3.05) is 13.1 Å². The van der Waals surface area contributed by atoms with E-state index >= 15 is 0 Å². The minimum Gasteiger partial charge on any atom is -0.373 e. The maximum atomic E-state index is 9.95. The lowest BCUT2D eigenvalue weighted by Gasteiger charge is -2.20. The van der Waals surface area contributed by atoms with Crippen LogP contribution >= 0.6 is 0 Å². The summed E-state index contributed by atoms with van der Waals surface area (Å²) in [5, 5.41) is 9.95. The van der Waals surface area contributed by atoms with Crippen LogP contribution in [0.5, 0.6) is 0 Å². The highest BCUT2D eigenvalue weighted by atomic mass is 16.3. The van der Waals surface area contributed by atoms with Gasteiger partial charge in [-0.2, -0.15) is 0 Å². The van der Waals surface area contributed by atoms with E-state index in [-0.39, 0.29) is 6.23 Å². The first-order valence-corrected chi connectivity index (χ1v) is 6.79. The van der Waals surface area contributed by atoms with Gasteiger partial charge in [-0.1, -0.05) is 6.92 Å². The van der Waals surface area contributed by atoms with Gasteiger partial charge in [0.2, 0.25) is 0 Å². The molecule has 3 heterocycles. The summed E-state index contributed by atoms with van der Waals surface area (Å²) in [5.74, 6) is 1.07. The summed E-state index contributed by atoms with van der Waals surface area (Å²) >= 11 is 0. The smallest absolute Gasteiger partial charge is 0.131 e. The number of aromatic nitrogens is 2. The number of aliphatic hydroxyl groups excluding tert-OH is 1. The van der Waals surface area contributed by atoms with Crippen molar-refractivity contribution in [3.63, 3.8) is 0 Å². The Kier molecular flexibility index (Phi) is 2.92. The Morgan fingerprint density at radius 2 is 2.29 bits per heavy atom. The number of aliphatic hydroxyl groups is 1. The van der Waals surface area contributed by atoms with Crippen molar-refractivity contribution >= 4 is 0 Å². The molecule has 2 atom stereocenters. The molecule has 0 amide bonds. The van der Waals surface area contributed by atoms with Crippen molar-refractivity contribution in [3.8, 4) is 0 Å². The van der Waals surface area contributed by atoms with E-state index < -0.39 is 0 Å². The molecule has 2 unspecified atom stereocenters. The first-order valence-electron chi connectivity index (χ1n) is 6.79. The Hall–Kier alpha value is -0.870. The van der Waals surface area contributed by atoms with Crippen LogP contribution in [0.2, 0.25) is 0 Å². The van der Waals surface area contributed by atoms with Crippen LogP contribution in [0.1, 0.15) is 56.4 Å². The lowest BCUT2D eigenvalue weighted by Crippen LogP contribution is -2.22. The minimum atomic E-state index is -0.350. The minimum absolute atomic E-state index is 0.350. The summed E-state index contributed by atoms with van der Waals surface area (Å²) in [7, 11) is 0. The zero-order chi connectivity index (χ0) is 11.8. The topological polar surface area (TPSA) is 41.3 Å². The molecule has 1 saturated heterocycles. The Bertz CT molecular complexity index is 401. The Balaban J connectivity index is 1.89. The second-order valence-electron chi connectivity index (χ2n) is 5.15. The first kappa shape index (κ1) is 11.2. The Labute approximate surface area is 102 Å². The summed E-state index contributed by atoms with van der Waals surface area (Å²) in [6.45, 7) is 4.49. The van der Waals surface area contributed by atoms with E-state index in [1.54, 1.807) is 0 Å². The van der Waals surface area contributed by atoms with Gasteiger partial charge in [0.25, 0.3) is 0 Å². The first-order chi connectivity index (χ1) is 8.29. The fourth-order valence-corrected chi connectivity index (χ4v) is 3.18. The van der Waals surface area contributed by atoms with Gasteiger partial charge in [-0.3, -0.25) is 4.90 Å². The van der Waals surface area contributed by atoms with Gasteiger partial charge in [-0.15, -0.1) is 0 Å². The fraction of sp³-hybridized carbons (Fsp3) is 0.769. The van der Waals surface area contributed by atoms with Gasteiger partial charge in [0.1, 0.15) is 12.1 Å². The van der Waals surface area contributed by atoms with Gasteiger partial charge in [-0.05, 0) is 38.8 Å². The highest BCUT2D eigenvalue weighted by Crippen LogP contribution is 2.33. The molecular weight excluding hydrogens is 214 g/mol. The molecule has 0 aromatic carbocycles. The average Bonchev–Trinajstić information content (AvgIpc) is 2.94. The van der Waals surface area contributed by atoms with E-state index in [1.807, 2.05) is 4.57 Å². The third kappa shape index (κ3) is 1.89. The number of hydrogen-bond donors (Lipinski definition) is 1. The monoisotopic (exact) mass is 235 g/mol. The van der Waals surface area contributed by atoms with Gasteiger partial charge in [-0.25, -0.2) is 4.98 Å². The van der Waals surface area contributed by atoms with Crippen molar-refractivity contribution in [2.45, 2.75) is 51.3 Å². The highest BCUT2D eigenvalue weighted by Gasteiger charge is 2.29. The third-order valence-electron chi connectivity index (χ3n) is 4.12. The predicted molar refractivity (Wildman–Crippen MR) is 65.6 cm³/mol. The van der Waals surface area contributed by atoms with Crippen LogP contribution < -0.4 is 0 Å². The largest absolute Gasteiger partial charge is 0.373 e. The molecule has 2 aliphatic rings. The summed E-state index contributed by atoms with van der Waals surface area (Å²) in [4.78, 5) is 7.23. The van der Waals surface area contributed by atoms with E-state index in [2.05, 4.69) is 18.0 Å². The van der Waals surface area contributed by atoms with Crippen LogP contribution in [-0.4, -0.2) is 32.6 Å². The molecule has 1 aromatic rings. The number of nitrogens with zero attached hydrogens (tertiary/aromatic N) is 3. The van der Waals surface area contributed by atoms with E-state index in [9.17, 15) is 5.11 Å². The van der Waals surface area contributed by atoms with Crippen LogP contribution in [-0.2, 0) is 6.42 Å². The highest BCUT2D eigenvalue weighted by molar-refractivity contribution is 5.12. The van der Waals surface area contributed by atoms with Gasteiger partial charge in [0, 0.05) is 12.6 Å². The van der Waals surface area contributed by atoms with Gasteiger partial charge in [0.15, 0.2) is 0 Å². The van der Waals surface area contributed by atoms with Crippen molar-refractivity contribution in [3.05, 3.63) is 17.7 Å². The molecule has 1 fully saturated rings. The number of likely N-dealkylation sites (tertiary alicyclic amines) is 1. The maximum absolute atomic E-state index is 9.95. The number of aryl methyl sites for hydroxylation is 1. The SMILES string of the molecule is CCN1CCCC1c1cn2c(n1)CCCC2O. The van der Waals surface area contributed by atoms with E-state index in [1.165, 1.54) is 25.1 Å². The molecule has 2 aliphatic heterocycles. The standard InChI is InChI=1S/C13H21N3O/c1-2-15-8-4-5-11(15)10-9-16-12(14-10)6-3-7-13(16)17/h9,11,13,17H,2-8H2,1H3. The zero-order valence-electron chi connectivity index (χ0n) is 10.5. The fourth-order valence-electron chi connectivity index (χ4n) is 3.18. The van der Waals surface area contributed by atoms with Crippen LogP contribution in [0.4, 0.5) is 0 Å². The van der Waals surface area contributed by atoms with Gasteiger partial charge >= 0.3 is 0 Å². The molecule has 3 rings (SSSR count). The van der Waals surface area contributed by atoms with Crippen molar-refractivity contribution in [1.82, 2.24) is 14.5 Å². The molecule has 4 heteroatoms. The second-order valence-corrected chi connectivity index (χ2v) is 5.15. The predicted octanol–water partition coefficient (Wildman–Crippen LogP) is 1.87. The maximum Gasteiger partial charge on any atom is 0.131 e. The molecular formula is C13H21N3O.